The van der Waals surface area contributed by atoms with Crippen LogP contribution >= 0.6 is 0 Å². The molecular weight excluding hydrogens is 260 g/mol. The second-order valence-corrected chi connectivity index (χ2v) is 5.96. The van der Waals surface area contributed by atoms with Crippen LogP contribution in [0.5, 0.6) is 0 Å². The summed E-state index contributed by atoms with van der Waals surface area (Å²) in [5, 5.41) is 3.24. The van der Waals surface area contributed by atoms with Crippen LogP contribution in [-0.4, -0.2) is 15.5 Å². The first kappa shape index (κ1) is 13.6. The van der Waals surface area contributed by atoms with Crippen molar-refractivity contribution in [1.82, 2.24) is 4.72 Å². The summed E-state index contributed by atoms with van der Waals surface area (Å²) in [7, 11) is -1.96. The summed E-state index contributed by atoms with van der Waals surface area (Å²) in [5.74, 6) is 0. The Hall–Kier alpha value is -1.85. The normalized spacial score (nSPS) is 11.2. The van der Waals surface area contributed by atoms with Gasteiger partial charge >= 0.3 is 0 Å². The van der Waals surface area contributed by atoms with E-state index in [1.54, 1.807) is 24.3 Å². The molecule has 0 atom stereocenters. The molecule has 2 aromatic rings. The van der Waals surface area contributed by atoms with E-state index in [0.717, 1.165) is 5.69 Å². The summed E-state index contributed by atoms with van der Waals surface area (Å²) in [6.07, 6.45) is 0. The van der Waals surface area contributed by atoms with Gasteiger partial charge in [0.1, 0.15) is 0 Å². The number of nitrogens with one attached hydrogen (secondary N) is 2. The van der Waals surface area contributed by atoms with E-state index in [1.165, 1.54) is 12.6 Å². The highest BCUT2D eigenvalue weighted by Gasteiger charge is 2.09. The maximum absolute atomic E-state index is 11.6. The van der Waals surface area contributed by atoms with Crippen molar-refractivity contribution in [3.05, 3.63) is 60.2 Å². The summed E-state index contributed by atoms with van der Waals surface area (Å²) in [6.45, 7) is 0.707. The summed E-state index contributed by atoms with van der Waals surface area (Å²) < 4.78 is 25.4. The van der Waals surface area contributed by atoms with Crippen LogP contribution in [0.4, 0.5) is 5.69 Å². The van der Waals surface area contributed by atoms with Gasteiger partial charge in [-0.2, -0.15) is 0 Å². The van der Waals surface area contributed by atoms with E-state index in [0.29, 0.717) is 6.54 Å². The molecule has 2 N–H and O–H groups in total. The Balaban J connectivity index is 2.04. The molecule has 0 unspecified atom stereocenters. The highest BCUT2D eigenvalue weighted by molar-refractivity contribution is 7.89. The molecule has 2 rings (SSSR count). The molecule has 5 heteroatoms. The molecule has 0 aliphatic rings. The van der Waals surface area contributed by atoms with Crippen LogP contribution in [0.1, 0.15) is 5.56 Å². The van der Waals surface area contributed by atoms with Gasteiger partial charge in [-0.15, -0.1) is 0 Å². The Morgan fingerprint density at radius 2 is 1.58 bits per heavy atom. The summed E-state index contributed by atoms with van der Waals surface area (Å²) in [5.41, 5.74) is 2.06. The van der Waals surface area contributed by atoms with E-state index < -0.39 is 10.0 Å². The Morgan fingerprint density at radius 1 is 0.947 bits per heavy atom. The van der Waals surface area contributed by atoms with Crippen molar-refractivity contribution >= 4 is 15.7 Å². The first-order valence-corrected chi connectivity index (χ1v) is 7.41. The lowest BCUT2D eigenvalue weighted by Crippen LogP contribution is -2.18. The fraction of sp³-hybridized carbons (Fsp3) is 0.143. The third kappa shape index (κ3) is 3.56. The number of sulfonamides is 1. The second-order valence-electron chi connectivity index (χ2n) is 4.07. The van der Waals surface area contributed by atoms with Gasteiger partial charge in [0.25, 0.3) is 0 Å². The molecule has 19 heavy (non-hydrogen) atoms. The molecule has 0 fully saturated rings. The summed E-state index contributed by atoms with van der Waals surface area (Å²) in [6, 6.07) is 16.7. The van der Waals surface area contributed by atoms with Crippen LogP contribution in [-0.2, 0) is 16.6 Å². The Morgan fingerprint density at radius 3 is 2.16 bits per heavy atom. The van der Waals surface area contributed by atoms with E-state index >= 15 is 0 Å². The van der Waals surface area contributed by atoms with Gasteiger partial charge < -0.3 is 5.32 Å². The first-order valence-electron chi connectivity index (χ1n) is 5.93. The predicted molar refractivity (Wildman–Crippen MR) is 76.5 cm³/mol. The van der Waals surface area contributed by atoms with Gasteiger partial charge in [-0.05, 0) is 36.9 Å². The smallest absolute Gasteiger partial charge is 0.240 e. The minimum absolute atomic E-state index is 0.264. The zero-order valence-corrected chi connectivity index (χ0v) is 11.4. The number of anilines is 1. The lowest BCUT2D eigenvalue weighted by atomic mass is 10.2. The van der Waals surface area contributed by atoms with Crippen LogP contribution in [0.15, 0.2) is 59.5 Å². The standard InChI is InChI=1S/C14H16N2O2S/c1-15-19(17,18)14-9-7-13(8-10-14)16-11-12-5-3-2-4-6-12/h2-10,15-16H,11H2,1H3. The number of rotatable bonds is 5. The predicted octanol–water partition coefficient (Wildman–Crippen LogP) is 2.21. The van der Waals surface area contributed by atoms with Crippen molar-refractivity contribution in [2.24, 2.45) is 0 Å². The largest absolute Gasteiger partial charge is 0.381 e. The van der Waals surface area contributed by atoms with E-state index in [1.807, 2.05) is 30.3 Å². The molecule has 0 aliphatic heterocycles. The van der Waals surface area contributed by atoms with Crippen molar-refractivity contribution in [3.63, 3.8) is 0 Å². The van der Waals surface area contributed by atoms with Gasteiger partial charge in [0, 0.05) is 12.2 Å². The molecule has 0 saturated carbocycles. The zero-order valence-electron chi connectivity index (χ0n) is 10.6. The van der Waals surface area contributed by atoms with Crippen molar-refractivity contribution in [2.75, 3.05) is 12.4 Å². The van der Waals surface area contributed by atoms with Crippen LogP contribution in [0.25, 0.3) is 0 Å². The van der Waals surface area contributed by atoms with Gasteiger partial charge in [-0.3, -0.25) is 0 Å². The van der Waals surface area contributed by atoms with Crippen LogP contribution < -0.4 is 10.0 Å². The van der Waals surface area contributed by atoms with Gasteiger partial charge in [0.2, 0.25) is 10.0 Å². The van der Waals surface area contributed by atoms with Crippen LogP contribution in [0.3, 0.4) is 0 Å². The van der Waals surface area contributed by atoms with Crippen molar-refractivity contribution in [3.8, 4) is 0 Å². The van der Waals surface area contributed by atoms with Gasteiger partial charge in [-0.25, -0.2) is 13.1 Å². The molecule has 4 nitrogen and oxygen atoms in total. The topological polar surface area (TPSA) is 58.2 Å². The lowest BCUT2D eigenvalue weighted by molar-refractivity contribution is 0.588. The van der Waals surface area contributed by atoms with Crippen molar-refractivity contribution in [1.29, 1.82) is 0 Å². The molecule has 0 amide bonds. The molecule has 100 valence electrons. The van der Waals surface area contributed by atoms with Gasteiger partial charge in [-0.1, -0.05) is 30.3 Å². The second kappa shape index (κ2) is 5.86. The quantitative estimate of drug-likeness (QED) is 0.880. The molecule has 0 spiro atoms. The van der Waals surface area contributed by atoms with Crippen molar-refractivity contribution in [2.45, 2.75) is 11.4 Å². The molecule has 0 saturated heterocycles. The average molecular weight is 276 g/mol. The average Bonchev–Trinajstić information content (AvgIpc) is 2.47. The third-order valence-corrected chi connectivity index (χ3v) is 4.20. The van der Waals surface area contributed by atoms with E-state index in [4.69, 9.17) is 0 Å². The highest BCUT2D eigenvalue weighted by atomic mass is 32.2. The maximum Gasteiger partial charge on any atom is 0.240 e. The Labute approximate surface area is 113 Å². The molecule has 2 aromatic carbocycles. The Bertz CT molecular complexity index is 622. The number of hydrogen-bond donors (Lipinski definition) is 2. The molecule has 0 radical (unpaired) electrons. The van der Waals surface area contributed by atoms with Crippen LogP contribution in [0.2, 0.25) is 0 Å². The SMILES string of the molecule is CNS(=O)(=O)c1ccc(NCc2ccccc2)cc1. The van der Waals surface area contributed by atoms with Gasteiger partial charge in [0.05, 0.1) is 4.90 Å². The van der Waals surface area contributed by atoms with Crippen LogP contribution in [0, 0.1) is 0 Å². The highest BCUT2D eigenvalue weighted by Crippen LogP contribution is 2.14. The van der Waals surface area contributed by atoms with Crippen molar-refractivity contribution < 1.29 is 8.42 Å². The monoisotopic (exact) mass is 276 g/mol. The van der Waals surface area contributed by atoms with E-state index in [2.05, 4.69) is 10.0 Å². The number of benzene rings is 2. The lowest BCUT2D eigenvalue weighted by Gasteiger charge is -2.08. The molecular formula is C14H16N2O2S. The first-order chi connectivity index (χ1) is 9.12. The zero-order chi connectivity index (χ0) is 13.7. The van der Waals surface area contributed by atoms with Gasteiger partial charge in [0.15, 0.2) is 0 Å². The Kier molecular flexibility index (Phi) is 4.19. The third-order valence-electron chi connectivity index (χ3n) is 2.77. The molecule has 0 aromatic heterocycles. The fourth-order valence-corrected chi connectivity index (χ4v) is 2.40. The van der Waals surface area contributed by atoms with E-state index in [-0.39, 0.29) is 4.90 Å². The minimum Gasteiger partial charge on any atom is -0.381 e. The maximum atomic E-state index is 11.6. The summed E-state index contributed by atoms with van der Waals surface area (Å²) >= 11 is 0. The molecule has 0 heterocycles. The molecule has 0 bridgehead atoms. The fourth-order valence-electron chi connectivity index (χ4n) is 1.67. The number of hydrogen-bond acceptors (Lipinski definition) is 3. The molecule has 0 aliphatic carbocycles. The minimum atomic E-state index is -3.36. The van der Waals surface area contributed by atoms with E-state index in [9.17, 15) is 8.42 Å². The summed E-state index contributed by atoms with van der Waals surface area (Å²) in [4.78, 5) is 0.264.